The second kappa shape index (κ2) is 6.06. The molecule has 19 heavy (non-hydrogen) atoms. The van der Waals surface area contributed by atoms with Crippen LogP contribution in [0.5, 0.6) is 0 Å². The predicted octanol–water partition coefficient (Wildman–Crippen LogP) is 4.22. The van der Waals surface area contributed by atoms with E-state index in [1.165, 1.54) is 0 Å². The minimum absolute atomic E-state index is 0.502. The molecule has 2 aromatic rings. The molecule has 0 radical (unpaired) electrons. The molecule has 0 unspecified atom stereocenters. The Balaban J connectivity index is 2.11. The topological polar surface area (TPSA) is 38.1 Å². The Morgan fingerprint density at radius 1 is 1.32 bits per heavy atom. The van der Waals surface area contributed by atoms with Crippen LogP contribution in [-0.2, 0) is 6.54 Å². The number of alkyl halides is 2. The quantitative estimate of drug-likeness (QED) is 0.834. The summed E-state index contributed by atoms with van der Waals surface area (Å²) in [5.41, 5.74) is 2.45. The van der Waals surface area contributed by atoms with Crippen LogP contribution in [0.2, 0.25) is 0 Å². The lowest BCUT2D eigenvalue weighted by Crippen LogP contribution is -2.02. The lowest BCUT2D eigenvalue weighted by atomic mass is 10.2. The third-order valence-corrected chi connectivity index (χ3v) is 3.53. The maximum Gasteiger partial charge on any atom is 0.288 e. The molecule has 0 fully saturated rings. The highest BCUT2D eigenvalue weighted by Crippen LogP contribution is 2.32. The SMILES string of the molecule is Cc1noc(C)c1CNc1ccccc1SC(F)F. The predicted molar refractivity (Wildman–Crippen MR) is 71.6 cm³/mol. The van der Waals surface area contributed by atoms with Crippen molar-refractivity contribution in [2.75, 3.05) is 5.32 Å². The smallest absolute Gasteiger partial charge is 0.288 e. The fraction of sp³-hybridized carbons (Fsp3) is 0.308. The van der Waals surface area contributed by atoms with Gasteiger partial charge in [-0.25, -0.2) is 0 Å². The molecule has 0 amide bonds. The molecule has 0 spiro atoms. The molecule has 1 aromatic carbocycles. The molecule has 1 aromatic heterocycles. The third kappa shape index (κ3) is 3.47. The van der Waals surface area contributed by atoms with Gasteiger partial charge in [-0.15, -0.1) is 0 Å². The molecule has 1 heterocycles. The van der Waals surface area contributed by atoms with Crippen molar-refractivity contribution in [1.29, 1.82) is 0 Å². The Labute approximate surface area is 114 Å². The lowest BCUT2D eigenvalue weighted by Gasteiger charge is -2.11. The molecule has 0 aliphatic rings. The van der Waals surface area contributed by atoms with E-state index in [0.717, 1.165) is 17.0 Å². The fourth-order valence-electron chi connectivity index (χ4n) is 1.75. The highest BCUT2D eigenvalue weighted by atomic mass is 32.2. The summed E-state index contributed by atoms with van der Waals surface area (Å²) in [6.07, 6.45) is 0. The zero-order valence-corrected chi connectivity index (χ0v) is 11.4. The van der Waals surface area contributed by atoms with E-state index in [4.69, 9.17) is 4.52 Å². The maximum absolute atomic E-state index is 12.5. The van der Waals surface area contributed by atoms with Gasteiger partial charge in [0.15, 0.2) is 0 Å². The maximum atomic E-state index is 12.5. The van der Waals surface area contributed by atoms with Crippen molar-refractivity contribution < 1.29 is 13.3 Å². The van der Waals surface area contributed by atoms with Gasteiger partial charge in [0.1, 0.15) is 5.76 Å². The molecule has 0 bridgehead atoms. The first-order chi connectivity index (χ1) is 9.08. The summed E-state index contributed by atoms with van der Waals surface area (Å²) in [6, 6.07) is 7.01. The molecule has 0 atom stereocenters. The molecule has 6 heteroatoms. The molecular weight excluding hydrogens is 270 g/mol. The monoisotopic (exact) mass is 284 g/mol. The standard InChI is InChI=1S/C13H14F2N2OS/c1-8-10(9(2)18-17-8)7-16-11-5-3-4-6-12(11)19-13(14)15/h3-6,13,16H,7H2,1-2H3. The van der Waals surface area contributed by atoms with Crippen molar-refractivity contribution in [2.24, 2.45) is 0 Å². The van der Waals surface area contributed by atoms with Gasteiger partial charge in [-0.3, -0.25) is 0 Å². The van der Waals surface area contributed by atoms with Crippen LogP contribution in [0.4, 0.5) is 14.5 Å². The molecule has 0 saturated carbocycles. The normalized spacial score (nSPS) is 11.0. The van der Waals surface area contributed by atoms with E-state index in [1.807, 2.05) is 19.9 Å². The molecule has 3 nitrogen and oxygen atoms in total. The van der Waals surface area contributed by atoms with Crippen LogP contribution < -0.4 is 5.32 Å². The van der Waals surface area contributed by atoms with E-state index in [-0.39, 0.29) is 0 Å². The van der Waals surface area contributed by atoms with Crippen molar-refractivity contribution in [3.63, 3.8) is 0 Å². The van der Waals surface area contributed by atoms with E-state index >= 15 is 0 Å². The number of para-hydroxylation sites is 1. The number of nitrogens with zero attached hydrogens (tertiary/aromatic N) is 1. The second-order valence-corrected chi connectivity index (χ2v) is 5.06. The van der Waals surface area contributed by atoms with Crippen LogP contribution in [0.25, 0.3) is 0 Å². The first-order valence-corrected chi connectivity index (χ1v) is 6.65. The van der Waals surface area contributed by atoms with Crippen molar-refractivity contribution in [3.05, 3.63) is 41.3 Å². The van der Waals surface area contributed by atoms with E-state index in [2.05, 4.69) is 10.5 Å². The molecular formula is C13H14F2N2OS. The minimum Gasteiger partial charge on any atom is -0.380 e. The summed E-state index contributed by atoms with van der Waals surface area (Å²) in [4.78, 5) is 0.532. The largest absolute Gasteiger partial charge is 0.380 e. The van der Waals surface area contributed by atoms with Gasteiger partial charge in [-0.1, -0.05) is 29.1 Å². The number of aryl methyl sites for hydroxylation is 2. The number of aromatic nitrogens is 1. The average molecular weight is 284 g/mol. The highest BCUT2D eigenvalue weighted by Gasteiger charge is 2.12. The second-order valence-electron chi connectivity index (χ2n) is 4.03. The summed E-state index contributed by atoms with van der Waals surface area (Å²) in [7, 11) is 0. The number of thioether (sulfide) groups is 1. The van der Waals surface area contributed by atoms with Crippen LogP contribution >= 0.6 is 11.8 Å². The van der Waals surface area contributed by atoms with Crippen molar-refractivity contribution >= 4 is 17.4 Å². The van der Waals surface area contributed by atoms with Crippen LogP contribution in [0.15, 0.2) is 33.7 Å². The Morgan fingerprint density at radius 3 is 2.68 bits per heavy atom. The molecule has 0 saturated heterocycles. The van der Waals surface area contributed by atoms with Gasteiger partial charge >= 0.3 is 0 Å². The number of nitrogens with one attached hydrogen (secondary N) is 1. The fourth-order valence-corrected chi connectivity index (χ4v) is 2.37. The zero-order valence-electron chi connectivity index (χ0n) is 10.6. The zero-order chi connectivity index (χ0) is 13.8. The number of halogens is 2. The first-order valence-electron chi connectivity index (χ1n) is 5.77. The average Bonchev–Trinajstić information content (AvgIpc) is 2.68. The van der Waals surface area contributed by atoms with Crippen LogP contribution in [0, 0.1) is 13.8 Å². The molecule has 1 N–H and O–H groups in total. The number of anilines is 1. The van der Waals surface area contributed by atoms with Gasteiger partial charge in [0.05, 0.1) is 5.69 Å². The number of hydrogen-bond acceptors (Lipinski definition) is 4. The third-order valence-electron chi connectivity index (χ3n) is 2.74. The first kappa shape index (κ1) is 13.9. The molecule has 2 rings (SSSR count). The highest BCUT2D eigenvalue weighted by molar-refractivity contribution is 7.99. The van der Waals surface area contributed by atoms with Gasteiger partial charge in [0, 0.05) is 22.7 Å². The van der Waals surface area contributed by atoms with Crippen molar-refractivity contribution in [2.45, 2.75) is 31.0 Å². The van der Waals surface area contributed by atoms with E-state index in [9.17, 15) is 8.78 Å². The summed E-state index contributed by atoms with van der Waals surface area (Å²) < 4.78 is 30.0. The molecule has 102 valence electrons. The Hall–Kier alpha value is -1.56. The van der Waals surface area contributed by atoms with Crippen molar-refractivity contribution in [3.8, 4) is 0 Å². The number of rotatable bonds is 5. The number of benzene rings is 1. The number of hydrogen-bond donors (Lipinski definition) is 1. The molecule has 0 aliphatic carbocycles. The van der Waals surface area contributed by atoms with Gasteiger partial charge in [0.25, 0.3) is 5.76 Å². The Bertz CT molecular complexity index is 538. The van der Waals surface area contributed by atoms with E-state index < -0.39 is 5.76 Å². The van der Waals surface area contributed by atoms with Gasteiger partial charge < -0.3 is 9.84 Å². The summed E-state index contributed by atoms with van der Waals surface area (Å²) >= 11 is 0.536. The van der Waals surface area contributed by atoms with Crippen LogP contribution in [0.1, 0.15) is 17.0 Å². The van der Waals surface area contributed by atoms with Gasteiger partial charge in [0.2, 0.25) is 0 Å². The summed E-state index contributed by atoms with van der Waals surface area (Å²) in [5, 5.41) is 7.01. The minimum atomic E-state index is -2.43. The summed E-state index contributed by atoms with van der Waals surface area (Å²) in [5.74, 6) is -1.69. The van der Waals surface area contributed by atoms with E-state index in [1.54, 1.807) is 18.2 Å². The van der Waals surface area contributed by atoms with Crippen molar-refractivity contribution in [1.82, 2.24) is 5.16 Å². The molecule has 0 aliphatic heterocycles. The Morgan fingerprint density at radius 2 is 2.05 bits per heavy atom. The Kier molecular flexibility index (Phi) is 4.42. The lowest BCUT2D eigenvalue weighted by molar-refractivity contribution is 0.252. The summed E-state index contributed by atoms with van der Waals surface area (Å²) in [6.45, 7) is 4.19. The van der Waals surface area contributed by atoms with Gasteiger partial charge in [-0.2, -0.15) is 8.78 Å². The van der Waals surface area contributed by atoms with E-state index in [0.29, 0.717) is 28.9 Å². The van der Waals surface area contributed by atoms with Gasteiger partial charge in [-0.05, 0) is 26.0 Å². The van der Waals surface area contributed by atoms with Crippen LogP contribution in [-0.4, -0.2) is 10.9 Å². The van der Waals surface area contributed by atoms with Crippen LogP contribution in [0.3, 0.4) is 0 Å².